The number of nitrogens with zero attached hydrogens (tertiary/aromatic N) is 5. The van der Waals surface area contributed by atoms with Crippen molar-refractivity contribution in [3.05, 3.63) is 182 Å². The zero-order valence-corrected chi connectivity index (χ0v) is 29.1. The third-order valence-corrected chi connectivity index (χ3v) is 9.56. The van der Waals surface area contributed by atoms with E-state index < -0.39 is 0 Å². The molecular weight excluding hydrogens is 649 g/mol. The fourth-order valence-corrected chi connectivity index (χ4v) is 6.81. The minimum atomic E-state index is 0.577. The molecule has 0 fully saturated rings. The number of para-hydroxylation sites is 1. The lowest BCUT2D eigenvalue weighted by atomic mass is 9.99. The summed E-state index contributed by atoms with van der Waals surface area (Å²) in [6.07, 6.45) is 7.79. The lowest BCUT2D eigenvalue weighted by Gasteiger charge is -2.11. The van der Waals surface area contributed by atoms with E-state index in [-0.39, 0.29) is 0 Å². The number of nitrogens with two attached hydrogens (primary N) is 1. The van der Waals surface area contributed by atoms with Crippen LogP contribution >= 0.6 is 0 Å². The van der Waals surface area contributed by atoms with Gasteiger partial charge in [-0.15, -0.1) is 0 Å². The Kier molecular flexibility index (Phi) is 8.10. The van der Waals surface area contributed by atoms with E-state index in [0.717, 1.165) is 77.9 Å². The van der Waals surface area contributed by atoms with Crippen molar-refractivity contribution in [3.63, 3.8) is 0 Å². The Bertz CT molecular complexity index is 2820. The molecule has 0 amide bonds. The van der Waals surface area contributed by atoms with E-state index in [1.807, 2.05) is 79.7 Å². The van der Waals surface area contributed by atoms with Gasteiger partial charge in [-0.1, -0.05) is 140 Å². The highest BCUT2D eigenvalue weighted by Crippen LogP contribution is 2.35. The molecule has 0 atom stereocenters. The predicted octanol–water partition coefficient (Wildman–Crippen LogP) is 11.0. The van der Waals surface area contributed by atoms with Gasteiger partial charge in [-0.2, -0.15) is 0 Å². The lowest BCUT2D eigenvalue weighted by Crippen LogP contribution is -2.03. The highest BCUT2D eigenvalue weighted by Gasteiger charge is 2.17. The summed E-state index contributed by atoms with van der Waals surface area (Å²) in [5, 5.41) is 1.05. The summed E-state index contributed by atoms with van der Waals surface area (Å²) in [6, 6.07) is 52.0. The van der Waals surface area contributed by atoms with Crippen molar-refractivity contribution >= 4 is 33.3 Å². The smallest absolute Gasteiger partial charge is 0.160 e. The standard InChI is InChI=1S/C47H34N6/c1-2-3-14-39(48)42-30-41(50-47(51-42)37-27-21-32(22-28-37)31-11-5-4-6-12-31)35-23-17-33(18-24-35)34-19-25-36(26-20-34)44-46-45(38-13-7-8-15-40(38)49-44)52-43-16-9-10-29-53(43)46/h2-30H,48H2,1H3/b3-2-,39-14-. The van der Waals surface area contributed by atoms with Gasteiger partial charge in [0.2, 0.25) is 0 Å². The van der Waals surface area contributed by atoms with E-state index in [9.17, 15) is 0 Å². The molecule has 252 valence electrons. The molecule has 5 aromatic carbocycles. The van der Waals surface area contributed by atoms with Crippen molar-refractivity contribution in [1.82, 2.24) is 24.3 Å². The van der Waals surface area contributed by atoms with E-state index in [2.05, 4.69) is 108 Å². The summed E-state index contributed by atoms with van der Waals surface area (Å²) in [5.74, 6) is 0.621. The largest absolute Gasteiger partial charge is 0.397 e. The second-order valence-corrected chi connectivity index (χ2v) is 12.9. The van der Waals surface area contributed by atoms with Crippen LogP contribution < -0.4 is 5.73 Å². The van der Waals surface area contributed by atoms with Crippen molar-refractivity contribution < 1.29 is 0 Å². The number of pyridine rings is 2. The Hall–Kier alpha value is -7.18. The normalized spacial score (nSPS) is 12.0. The molecule has 4 aromatic heterocycles. The van der Waals surface area contributed by atoms with Gasteiger partial charge in [-0.05, 0) is 59.5 Å². The van der Waals surface area contributed by atoms with Crippen molar-refractivity contribution in [1.29, 1.82) is 0 Å². The van der Waals surface area contributed by atoms with Crippen LogP contribution in [0.1, 0.15) is 12.6 Å². The van der Waals surface area contributed by atoms with E-state index in [1.54, 1.807) is 0 Å². The molecule has 0 radical (unpaired) electrons. The minimum absolute atomic E-state index is 0.577. The Labute approximate surface area is 307 Å². The molecule has 9 aromatic rings. The van der Waals surface area contributed by atoms with Crippen LogP contribution in [0.25, 0.3) is 89.4 Å². The fraction of sp³-hybridized carbons (Fsp3) is 0.0213. The van der Waals surface area contributed by atoms with Gasteiger partial charge < -0.3 is 5.73 Å². The van der Waals surface area contributed by atoms with Crippen LogP contribution in [-0.4, -0.2) is 24.3 Å². The van der Waals surface area contributed by atoms with Gasteiger partial charge >= 0.3 is 0 Å². The van der Waals surface area contributed by atoms with Crippen molar-refractivity contribution in [2.75, 3.05) is 0 Å². The maximum absolute atomic E-state index is 6.52. The molecule has 0 saturated carbocycles. The van der Waals surface area contributed by atoms with Crippen LogP contribution in [-0.2, 0) is 0 Å². The average molecular weight is 683 g/mol. The maximum Gasteiger partial charge on any atom is 0.160 e. The van der Waals surface area contributed by atoms with Gasteiger partial charge in [0.05, 0.1) is 33.8 Å². The average Bonchev–Trinajstić information content (AvgIpc) is 3.63. The number of aromatic nitrogens is 5. The van der Waals surface area contributed by atoms with Crippen molar-refractivity contribution in [2.45, 2.75) is 6.92 Å². The Morgan fingerprint density at radius 1 is 0.566 bits per heavy atom. The van der Waals surface area contributed by atoms with Gasteiger partial charge in [0.25, 0.3) is 0 Å². The molecule has 0 saturated heterocycles. The molecule has 0 spiro atoms. The first-order valence-corrected chi connectivity index (χ1v) is 17.6. The minimum Gasteiger partial charge on any atom is -0.397 e. The Morgan fingerprint density at radius 2 is 1.17 bits per heavy atom. The number of hydrogen-bond acceptors (Lipinski definition) is 5. The first-order valence-electron chi connectivity index (χ1n) is 17.6. The number of rotatable bonds is 7. The van der Waals surface area contributed by atoms with Crippen LogP contribution in [0, 0.1) is 0 Å². The highest BCUT2D eigenvalue weighted by molar-refractivity contribution is 6.09. The molecule has 9 rings (SSSR count). The van der Waals surface area contributed by atoms with Gasteiger partial charge in [0.15, 0.2) is 5.82 Å². The van der Waals surface area contributed by atoms with Crippen LogP contribution in [0.15, 0.2) is 176 Å². The SMILES string of the molecule is C/C=C\C=C(/N)c1cc(-c2ccc(-c3ccc(-c4nc5ccccc5c5nc6ccccn6c45)cc3)cc2)nc(-c2ccc(-c3ccccc3)cc2)n1. The summed E-state index contributed by atoms with van der Waals surface area (Å²) in [5.41, 5.74) is 20.7. The van der Waals surface area contributed by atoms with Crippen molar-refractivity contribution in [2.24, 2.45) is 5.73 Å². The van der Waals surface area contributed by atoms with Crippen molar-refractivity contribution in [3.8, 4) is 56.2 Å². The van der Waals surface area contributed by atoms with Crippen LogP contribution in [0.4, 0.5) is 0 Å². The first kappa shape index (κ1) is 31.8. The number of hydrogen-bond donors (Lipinski definition) is 1. The van der Waals surface area contributed by atoms with Gasteiger partial charge in [0, 0.05) is 28.3 Å². The number of imidazole rings is 1. The van der Waals surface area contributed by atoms with E-state index >= 15 is 0 Å². The predicted molar refractivity (Wildman–Crippen MR) is 218 cm³/mol. The summed E-state index contributed by atoms with van der Waals surface area (Å²) >= 11 is 0. The van der Waals surface area contributed by atoms with Gasteiger partial charge in [-0.3, -0.25) is 4.40 Å². The summed E-state index contributed by atoms with van der Waals surface area (Å²) in [4.78, 5) is 20.0. The fourth-order valence-electron chi connectivity index (χ4n) is 6.81. The van der Waals surface area contributed by atoms with E-state index in [1.165, 1.54) is 0 Å². The summed E-state index contributed by atoms with van der Waals surface area (Å²) in [7, 11) is 0. The lowest BCUT2D eigenvalue weighted by molar-refractivity contribution is 1.15. The zero-order chi connectivity index (χ0) is 35.7. The molecule has 6 nitrogen and oxygen atoms in total. The maximum atomic E-state index is 6.52. The molecule has 2 N–H and O–H groups in total. The molecule has 4 heterocycles. The van der Waals surface area contributed by atoms with E-state index in [0.29, 0.717) is 17.2 Å². The molecule has 0 aliphatic rings. The molecule has 6 heteroatoms. The number of fused-ring (bicyclic) bond motifs is 5. The summed E-state index contributed by atoms with van der Waals surface area (Å²) < 4.78 is 2.13. The number of allylic oxidation sites excluding steroid dienone is 3. The molecule has 0 aliphatic carbocycles. The Balaban J connectivity index is 1.05. The Morgan fingerprint density at radius 3 is 1.89 bits per heavy atom. The molecule has 53 heavy (non-hydrogen) atoms. The number of benzene rings is 5. The highest BCUT2D eigenvalue weighted by atomic mass is 15.0. The van der Waals surface area contributed by atoms with Crippen LogP contribution in [0.3, 0.4) is 0 Å². The molecular formula is C47H34N6. The quantitative estimate of drug-likeness (QED) is 0.169. The first-order chi connectivity index (χ1) is 26.1. The summed E-state index contributed by atoms with van der Waals surface area (Å²) in [6.45, 7) is 1.96. The molecule has 0 bridgehead atoms. The second kappa shape index (κ2) is 13.5. The molecule has 0 aliphatic heterocycles. The topological polar surface area (TPSA) is 82.0 Å². The van der Waals surface area contributed by atoms with Crippen LogP contribution in [0.5, 0.6) is 0 Å². The third-order valence-electron chi connectivity index (χ3n) is 9.56. The van der Waals surface area contributed by atoms with E-state index in [4.69, 9.17) is 25.7 Å². The van der Waals surface area contributed by atoms with Gasteiger partial charge in [0.1, 0.15) is 11.2 Å². The monoisotopic (exact) mass is 682 g/mol. The van der Waals surface area contributed by atoms with Gasteiger partial charge in [-0.25, -0.2) is 19.9 Å². The van der Waals surface area contributed by atoms with Crippen LogP contribution in [0.2, 0.25) is 0 Å². The third kappa shape index (κ3) is 6.02. The zero-order valence-electron chi connectivity index (χ0n) is 29.1. The second-order valence-electron chi connectivity index (χ2n) is 12.9. The molecule has 0 unspecified atom stereocenters.